The maximum atomic E-state index is 13.4. The summed E-state index contributed by atoms with van der Waals surface area (Å²) in [6, 6.07) is 3.74. The fourth-order valence-corrected chi connectivity index (χ4v) is 4.10. The second kappa shape index (κ2) is 5.78. The highest BCUT2D eigenvalue weighted by Crippen LogP contribution is 2.25. The van der Waals surface area contributed by atoms with Crippen molar-refractivity contribution in [3.63, 3.8) is 0 Å². The first kappa shape index (κ1) is 14.8. The lowest BCUT2D eigenvalue weighted by Crippen LogP contribution is -2.29. The average Bonchev–Trinajstić information content (AvgIpc) is 2.87. The lowest BCUT2D eigenvalue weighted by Gasteiger charge is -2.11. The van der Waals surface area contributed by atoms with E-state index in [4.69, 9.17) is 5.73 Å². The van der Waals surface area contributed by atoms with Crippen LogP contribution in [-0.4, -0.2) is 25.3 Å². The van der Waals surface area contributed by atoms with Crippen LogP contribution in [0.3, 0.4) is 0 Å². The Hall–Kier alpha value is -1.63. The molecule has 2 rings (SSSR count). The molecule has 0 saturated heterocycles. The van der Waals surface area contributed by atoms with Crippen molar-refractivity contribution in [3.05, 3.63) is 24.0 Å². The number of nitrogens with one attached hydrogen (secondary N) is 1. The molecule has 0 heterocycles. The summed E-state index contributed by atoms with van der Waals surface area (Å²) < 4.78 is 37.5. The van der Waals surface area contributed by atoms with E-state index in [0.717, 1.165) is 18.9 Å². The zero-order valence-corrected chi connectivity index (χ0v) is 11.7. The SMILES string of the molecule is Nc1ccc(F)c(NC(=O)CS(=O)(=O)C2CCCC2)c1. The van der Waals surface area contributed by atoms with E-state index in [1.807, 2.05) is 0 Å². The summed E-state index contributed by atoms with van der Waals surface area (Å²) in [4.78, 5) is 11.8. The smallest absolute Gasteiger partial charge is 0.239 e. The third-order valence-corrected chi connectivity index (χ3v) is 5.56. The number of anilines is 2. The van der Waals surface area contributed by atoms with E-state index in [9.17, 15) is 17.6 Å². The van der Waals surface area contributed by atoms with E-state index in [0.29, 0.717) is 18.5 Å². The Labute approximate surface area is 117 Å². The van der Waals surface area contributed by atoms with Gasteiger partial charge in [0.25, 0.3) is 0 Å². The van der Waals surface area contributed by atoms with E-state index in [1.54, 1.807) is 0 Å². The van der Waals surface area contributed by atoms with Crippen LogP contribution in [0.2, 0.25) is 0 Å². The van der Waals surface area contributed by atoms with Crippen molar-refractivity contribution in [1.82, 2.24) is 0 Å². The summed E-state index contributed by atoms with van der Waals surface area (Å²) in [6.07, 6.45) is 2.94. The Bertz CT molecular complexity index is 610. The van der Waals surface area contributed by atoms with E-state index in [2.05, 4.69) is 5.32 Å². The monoisotopic (exact) mass is 300 g/mol. The number of hydrogen-bond donors (Lipinski definition) is 2. The number of rotatable bonds is 4. The molecule has 0 aliphatic heterocycles. The minimum absolute atomic E-state index is 0.100. The third kappa shape index (κ3) is 3.47. The summed E-state index contributed by atoms with van der Waals surface area (Å²) in [5.74, 6) is -2.00. The first-order chi connectivity index (χ1) is 9.38. The van der Waals surface area contributed by atoms with Gasteiger partial charge in [0.15, 0.2) is 9.84 Å². The fourth-order valence-electron chi connectivity index (χ4n) is 2.37. The summed E-state index contributed by atoms with van der Waals surface area (Å²) in [6.45, 7) is 0. The standard InChI is InChI=1S/C13H17FN2O3S/c14-11-6-5-9(15)7-12(11)16-13(17)8-20(18,19)10-3-1-2-4-10/h5-7,10H,1-4,8,15H2,(H,16,17). The third-order valence-electron chi connectivity index (χ3n) is 3.41. The van der Waals surface area contributed by atoms with Crippen LogP contribution in [0.15, 0.2) is 18.2 Å². The highest BCUT2D eigenvalue weighted by molar-refractivity contribution is 7.92. The molecule has 0 atom stereocenters. The zero-order chi connectivity index (χ0) is 14.8. The second-order valence-electron chi connectivity index (χ2n) is 5.00. The number of carbonyl (C=O) groups excluding carboxylic acids is 1. The van der Waals surface area contributed by atoms with Crippen LogP contribution in [0.5, 0.6) is 0 Å². The van der Waals surface area contributed by atoms with Crippen molar-refractivity contribution in [1.29, 1.82) is 0 Å². The number of nitrogen functional groups attached to an aromatic ring is 1. The van der Waals surface area contributed by atoms with Crippen molar-refractivity contribution < 1.29 is 17.6 Å². The minimum Gasteiger partial charge on any atom is -0.399 e. The molecule has 1 aliphatic rings. The maximum Gasteiger partial charge on any atom is 0.239 e. The number of amides is 1. The van der Waals surface area contributed by atoms with Crippen LogP contribution in [0, 0.1) is 5.82 Å². The molecule has 20 heavy (non-hydrogen) atoms. The van der Waals surface area contributed by atoms with Crippen LogP contribution < -0.4 is 11.1 Å². The summed E-state index contributed by atoms with van der Waals surface area (Å²) in [7, 11) is -3.47. The Morgan fingerprint density at radius 1 is 1.35 bits per heavy atom. The molecule has 1 aliphatic carbocycles. The number of carbonyl (C=O) groups is 1. The predicted molar refractivity (Wildman–Crippen MR) is 75.5 cm³/mol. The molecule has 1 amide bonds. The van der Waals surface area contributed by atoms with E-state index in [-0.39, 0.29) is 5.69 Å². The molecule has 0 unspecified atom stereocenters. The molecule has 1 aromatic rings. The highest BCUT2D eigenvalue weighted by atomic mass is 32.2. The van der Waals surface area contributed by atoms with E-state index >= 15 is 0 Å². The first-order valence-corrected chi connectivity index (χ1v) is 8.16. The molecule has 0 aromatic heterocycles. The van der Waals surface area contributed by atoms with Gasteiger partial charge in [0.2, 0.25) is 5.91 Å². The zero-order valence-electron chi connectivity index (χ0n) is 10.9. The molecule has 3 N–H and O–H groups in total. The highest BCUT2D eigenvalue weighted by Gasteiger charge is 2.30. The maximum absolute atomic E-state index is 13.4. The summed E-state index contributed by atoms with van der Waals surface area (Å²) in [5, 5.41) is 1.81. The molecule has 1 fully saturated rings. The lowest BCUT2D eigenvalue weighted by molar-refractivity contribution is -0.113. The Morgan fingerprint density at radius 3 is 2.65 bits per heavy atom. The van der Waals surface area contributed by atoms with Crippen molar-refractivity contribution in [2.75, 3.05) is 16.8 Å². The largest absolute Gasteiger partial charge is 0.399 e. The predicted octanol–water partition coefficient (Wildman–Crippen LogP) is 1.70. The van der Waals surface area contributed by atoms with Crippen molar-refractivity contribution in [2.45, 2.75) is 30.9 Å². The molecular weight excluding hydrogens is 283 g/mol. The van der Waals surface area contributed by atoms with E-state index in [1.165, 1.54) is 12.1 Å². The Balaban J connectivity index is 2.03. The summed E-state index contributed by atoms with van der Waals surface area (Å²) >= 11 is 0. The van der Waals surface area contributed by atoms with Gasteiger partial charge in [0, 0.05) is 5.69 Å². The molecule has 5 nitrogen and oxygen atoms in total. The lowest BCUT2D eigenvalue weighted by atomic mass is 10.2. The Morgan fingerprint density at radius 2 is 2.00 bits per heavy atom. The van der Waals surface area contributed by atoms with Gasteiger partial charge >= 0.3 is 0 Å². The second-order valence-corrected chi connectivity index (χ2v) is 7.28. The fraction of sp³-hybridized carbons (Fsp3) is 0.462. The topological polar surface area (TPSA) is 89.3 Å². The minimum atomic E-state index is -3.47. The van der Waals surface area contributed by atoms with Gasteiger partial charge in [0.05, 0.1) is 10.9 Å². The number of halogens is 1. The van der Waals surface area contributed by atoms with Gasteiger partial charge in [-0.3, -0.25) is 4.79 Å². The number of sulfone groups is 1. The van der Waals surface area contributed by atoms with Crippen molar-refractivity contribution in [3.8, 4) is 0 Å². The van der Waals surface area contributed by atoms with Crippen LogP contribution in [-0.2, 0) is 14.6 Å². The summed E-state index contributed by atoms with van der Waals surface area (Å²) in [5.41, 5.74) is 5.69. The van der Waals surface area contributed by atoms with Gasteiger partial charge in [-0.15, -0.1) is 0 Å². The molecule has 7 heteroatoms. The van der Waals surface area contributed by atoms with Crippen LogP contribution in [0.1, 0.15) is 25.7 Å². The normalized spacial score (nSPS) is 16.2. The van der Waals surface area contributed by atoms with Crippen molar-refractivity contribution >= 4 is 27.1 Å². The first-order valence-electron chi connectivity index (χ1n) is 6.45. The number of nitrogens with two attached hydrogens (primary N) is 1. The Kier molecular flexibility index (Phi) is 4.27. The van der Waals surface area contributed by atoms with Crippen LogP contribution in [0.25, 0.3) is 0 Å². The molecular formula is C13H17FN2O3S. The van der Waals surface area contributed by atoms with Gasteiger partial charge in [0.1, 0.15) is 11.6 Å². The van der Waals surface area contributed by atoms with E-state index < -0.39 is 32.6 Å². The van der Waals surface area contributed by atoms with Gasteiger partial charge < -0.3 is 11.1 Å². The van der Waals surface area contributed by atoms with Gasteiger partial charge in [-0.05, 0) is 31.0 Å². The molecule has 0 bridgehead atoms. The van der Waals surface area contributed by atoms with Gasteiger partial charge in [-0.2, -0.15) is 0 Å². The van der Waals surface area contributed by atoms with Gasteiger partial charge in [-0.25, -0.2) is 12.8 Å². The van der Waals surface area contributed by atoms with Gasteiger partial charge in [-0.1, -0.05) is 12.8 Å². The molecule has 1 aromatic carbocycles. The molecule has 0 spiro atoms. The average molecular weight is 300 g/mol. The number of benzene rings is 1. The molecule has 110 valence electrons. The van der Waals surface area contributed by atoms with Crippen LogP contribution >= 0.6 is 0 Å². The quantitative estimate of drug-likeness (QED) is 0.828. The number of hydrogen-bond acceptors (Lipinski definition) is 4. The van der Waals surface area contributed by atoms with Crippen LogP contribution in [0.4, 0.5) is 15.8 Å². The molecule has 0 radical (unpaired) electrons. The van der Waals surface area contributed by atoms with Crippen molar-refractivity contribution in [2.24, 2.45) is 0 Å². The molecule has 1 saturated carbocycles.